The molecular weight excluding hydrogens is 368 g/mol. The largest absolute Gasteiger partial charge is 0.468 e. The van der Waals surface area contributed by atoms with Gasteiger partial charge in [-0.3, -0.25) is 14.4 Å². The van der Waals surface area contributed by atoms with Crippen LogP contribution in [0.25, 0.3) is 0 Å². The molecule has 4 atom stereocenters. The zero-order valence-corrected chi connectivity index (χ0v) is 18.8. The molecule has 0 bridgehead atoms. The maximum Gasteiger partial charge on any atom is 0.319 e. The molecule has 29 heavy (non-hydrogen) atoms. The highest BCUT2D eigenvalue weighted by Crippen LogP contribution is 2.59. The summed E-state index contributed by atoms with van der Waals surface area (Å²) >= 11 is 0. The van der Waals surface area contributed by atoms with Crippen LogP contribution in [-0.4, -0.2) is 36.4 Å². The van der Waals surface area contributed by atoms with Gasteiger partial charge >= 0.3 is 5.97 Å². The van der Waals surface area contributed by atoms with E-state index in [0.29, 0.717) is 19.3 Å². The monoisotopic (exact) mass is 406 g/mol. The highest BCUT2D eigenvalue weighted by Gasteiger charge is 2.61. The van der Waals surface area contributed by atoms with E-state index in [1.165, 1.54) is 7.11 Å². The maximum atomic E-state index is 13.2. The Labute approximate surface area is 175 Å². The fraction of sp³-hybridized carbons (Fsp3) is 0.792. The summed E-state index contributed by atoms with van der Waals surface area (Å²) in [4.78, 5) is 38.4. The van der Waals surface area contributed by atoms with Gasteiger partial charge in [-0.15, -0.1) is 6.58 Å². The van der Waals surface area contributed by atoms with E-state index in [2.05, 4.69) is 13.5 Å². The minimum atomic E-state index is -1.24. The molecule has 0 aromatic rings. The molecule has 0 spiro atoms. The quantitative estimate of drug-likeness (QED) is 0.238. The number of ether oxygens (including phenoxy) is 2. The highest BCUT2D eigenvalue weighted by molar-refractivity contribution is 6.05. The van der Waals surface area contributed by atoms with Gasteiger partial charge < -0.3 is 9.47 Å². The number of hydrogen-bond acceptors (Lipinski definition) is 5. The number of unbranched alkanes of at least 4 members (excludes halogenated alkanes) is 1. The molecule has 164 valence electrons. The van der Waals surface area contributed by atoms with Crippen LogP contribution >= 0.6 is 0 Å². The predicted molar refractivity (Wildman–Crippen MR) is 112 cm³/mol. The highest BCUT2D eigenvalue weighted by atomic mass is 16.5. The summed E-state index contributed by atoms with van der Waals surface area (Å²) in [6.45, 7) is 11.9. The number of carbonyl (C=O) groups excluding carboxylic acids is 3. The fourth-order valence-corrected chi connectivity index (χ4v) is 5.29. The van der Waals surface area contributed by atoms with Gasteiger partial charge in [0.1, 0.15) is 11.2 Å². The Balaban J connectivity index is 2.24. The van der Waals surface area contributed by atoms with Gasteiger partial charge in [0.15, 0.2) is 5.78 Å². The van der Waals surface area contributed by atoms with E-state index < -0.39 is 11.4 Å². The summed E-state index contributed by atoms with van der Waals surface area (Å²) in [5.74, 6) is -0.267. The Hall–Kier alpha value is -1.49. The van der Waals surface area contributed by atoms with Crippen LogP contribution in [0.3, 0.4) is 0 Å². The molecule has 2 aliphatic carbocycles. The van der Waals surface area contributed by atoms with E-state index in [4.69, 9.17) is 9.47 Å². The van der Waals surface area contributed by atoms with E-state index in [9.17, 15) is 14.4 Å². The van der Waals surface area contributed by atoms with E-state index in [1.54, 1.807) is 6.08 Å². The molecule has 0 saturated heterocycles. The first-order chi connectivity index (χ1) is 13.5. The van der Waals surface area contributed by atoms with E-state index in [-0.39, 0.29) is 47.4 Å². The number of methoxy groups -OCH3 is 1. The second kappa shape index (κ2) is 9.11. The van der Waals surface area contributed by atoms with Crippen molar-refractivity contribution in [2.45, 2.75) is 97.2 Å². The van der Waals surface area contributed by atoms with Crippen molar-refractivity contribution in [2.24, 2.45) is 16.7 Å². The molecule has 0 aromatic heterocycles. The molecule has 0 N–H and O–H groups in total. The molecule has 2 aliphatic rings. The number of carbonyl (C=O) groups is 3. The van der Waals surface area contributed by atoms with Crippen molar-refractivity contribution in [3.05, 3.63) is 12.7 Å². The smallest absolute Gasteiger partial charge is 0.319 e. The van der Waals surface area contributed by atoms with Crippen LogP contribution in [0, 0.1) is 16.7 Å². The van der Waals surface area contributed by atoms with E-state index in [0.717, 1.165) is 25.7 Å². The number of esters is 1. The normalized spacial score (nSPS) is 32.0. The molecule has 2 rings (SSSR count). The molecular formula is C24H38O5. The molecule has 0 aliphatic heterocycles. The zero-order chi connectivity index (χ0) is 21.9. The molecule has 5 nitrogen and oxygen atoms in total. The number of hydrogen-bond donors (Lipinski definition) is 0. The summed E-state index contributed by atoms with van der Waals surface area (Å²) in [7, 11) is 1.33. The Kier molecular flexibility index (Phi) is 7.47. The summed E-state index contributed by atoms with van der Waals surface area (Å²) in [5.41, 5.74) is -1.81. The van der Waals surface area contributed by atoms with Crippen molar-refractivity contribution >= 4 is 17.5 Å². The van der Waals surface area contributed by atoms with Crippen molar-refractivity contribution in [2.75, 3.05) is 7.11 Å². The third-order valence-corrected chi connectivity index (χ3v) is 6.86. The molecule has 0 aromatic carbocycles. The first-order valence-corrected chi connectivity index (χ1v) is 10.9. The Bertz CT molecular complexity index is 646. The van der Waals surface area contributed by atoms with Crippen LogP contribution in [0.4, 0.5) is 0 Å². The standard InChI is InChI=1S/C24H38O5/c1-7-8-9-10-18(25)13-14-24(21(27)28-6)16-23(5)17(15-19(24)26)11-12-20(23)29-22(2,3)4/h7,17,20H,1,8-16H2,2-6H3/t17-,20-,23-,24?/m1/s1. The van der Waals surface area contributed by atoms with Crippen LogP contribution in [0.5, 0.6) is 0 Å². The average Bonchev–Trinajstić information content (AvgIpc) is 2.93. The molecule has 2 saturated carbocycles. The van der Waals surface area contributed by atoms with Crippen LogP contribution < -0.4 is 0 Å². The van der Waals surface area contributed by atoms with Crippen molar-refractivity contribution in [3.8, 4) is 0 Å². The van der Waals surface area contributed by atoms with Gasteiger partial charge in [-0.25, -0.2) is 0 Å². The third-order valence-electron chi connectivity index (χ3n) is 6.86. The average molecular weight is 407 g/mol. The van der Waals surface area contributed by atoms with Crippen LogP contribution in [0.1, 0.15) is 85.5 Å². The molecule has 5 heteroatoms. The van der Waals surface area contributed by atoms with Crippen molar-refractivity contribution in [1.29, 1.82) is 0 Å². The van der Waals surface area contributed by atoms with Crippen LogP contribution in [0.2, 0.25) is 0 Å². The number of fused-ring (bicyclic) bond motifs is 1. The van der Waals surface area contributed by atoms with E-state index >= 15 is 0 Å². The molecule has 1 unspecified atom stereocenters. The lowest BCUT2D eigenvalue weighted by molar-refractivity contribution is -0.174. The predicted octanol–water partition coefficient (Wildman–Crippen LogP) is 4.81. The summed E-state index contributed by atoms with van der Waals surface area (Å²) in [5, 5.41) is 0. The van der Waals surface area contributed by atoms with Gasteiger partial charge in [0.2, 0.25) is 0 Å². The van der Waals surface area contributed by atoms with Gasteiger partial charge in [-0.2, -0.15) is 0 Å². The molecule has 0 radical (unpaired) electrons. The van der Waals surface area contributed by atoms with Crippen molar-refractivity contribution in [1.82, 2.24) is 0 Å². The van der Waals surface area contributed by atoms with Gasteiger partial charge in [-0.05, 0) is 70.6 Å². The Morgan fingerprint density at radius 1 is 1.24 bits per heavy atom. The second-order valence-corrected chi connectivity index (χ2v) is 10.1. The first kappa shape index (κ1) is 23.8. The summed E-state index contributed by atoms with van der Waals surface area (Å²) < 4.78 is 11.5. The molecule has 0 amide bonds. The molecule has 2 fully saturated rings. The van der Waals surface area contributed by atoms with Crippen molar-refractivity contribution in [3.63, 3.8) is 0 Å². The molecule has 0 heterocycles. The van der Waals surface area contributed by atoms with Crippen molar-refractivity contribution < 1.29 is 23.9 Å². The van der Waals surface area contributed by atoms with Gasteiger partial charge in [-0.1, -0.05) is 13.0 Å². The zero-order valence-electron chi connectivity index (χ0n) is 18.8. The van der Waals surface area contributed by atoms with E-state index in [1.807, 2.05) is 20.8 Å². The lowest BCUT2D eigenvalue weighted by Crippen LogP contribution is -2.54. The number of Topliss-reactive ketones (excluding diaryl/α,β-unsaturated/α-hetero) is 2. The summed E-state index contributed by atoms with van der Waals surface area (Å²) in [6.07, 6.45) is 6.83. The second-order valence-electron chi connectivity index (χ2n) is 10.1. The minimum Gasteiger partial charge on any atom is -0.468 e. The van der Waals surface area contributed by atoms with Gasteiger partial charge in [0.05, 0.1) is 18.8 Å². The number of allylic oxidation sites excluding steroid dienone is 1. The van der Waals surface area contributed by atoms with Crippen LogP contribution in [0.15, 0.2) is 12.7 Å². The van der Waals surface area contributed by atoms with Crippen LogP contribution in [-0.2, 0) is 23.9 Å². The fourth-order valence-electron chi connectivity index (χ4n) is 5.29. The Morgan fingerprint density at radius 3 is 2.52 bits per heavy atom. The SMILES string of the molecule is C=CCCCC(=O)CCC1(C(=O)OC)C[C@]2(C)[C@H](CC[C@H]2OC(C)(C)C)CC1=O. The third kappa shape index (κ3) is 5.17. The maximum absolute atomic E-state index is 13.2. The topological polar surface area (TPSA) is 69.7 Å². The number of rotatable bonds is 9. The number of ketones is 2. The van der Waals surface area contributed by atoms with Gasteiger partial charge in [0.25, 0.3) is 0 Å². The lowest BCUT2D eigenvalue weighted by atomic mass is 9.56. The summed E-state index contributed by atoms with van der Waals surface area (Å²) in [6, 6.07) is 0. The lowest BCUT2D eigenvalue weighted by Gasteiger charge is -2.48. The first-order valence-electron chi connectivity index (χ1n) is 10.9. The Morgan fingerprint density at radius 2 is 1.93 bits per heavy atom. The minimum absolute atomic E-state index is 0.00655. The van der Waals surface area contributed by atoms with Gasteiger partial charge in [0, 0.05) is 19.3 Å².